The summed E-state index contributed by atoms with van der Waals surface area (Å²) in [5.74, 6) is 1.22. The molecule has 3 rings (SSSR count). The average molecular weight is 404 g/mol. The number of hydrogen-bond acceptors (Lipinski definition) is 5. The minimum Gasteiger partial charge on any atom is -0.486 e. The minimum absolute atomic E-state index is 0.280. The molecule has 0 saturated heterocycles. The van der Waals surface area contributed by atoms with Gasteiger partial charge in [-0.3, -0.25) is 0 Å². The Hall–Kier alpha value is -2.51. The monoisotopic (exact) mass is 403 g/mol. The summed E-state index contributed by atoms with van der Waals surface area (Å²) in [4.78, 5) is 10.9. The van der Waals surface area contributed by atoms with Gasteiger partial charge in [0.25, 0.3) is 0 Å². The fraction of sp³-hybridized carbons (Fsp3) is 0.211. The van der Waals surface area contributed by atoms with Gasteiger partial charge in [-0.2, -0.15) is 0 Å². The zero-order valence-electron chi connectivity index (χ0n) is 14.6. The number of halogens is 1. The third-order valence-corrected chi connectivity index (χ3v) is 5.15. The van der Waals surface area contributed by atoms with Crippen molar-refractivity contribution >= 4 is 29.3 Å². The number of carboxylic acids is 1. The second kappa shape index (κ2) is 8.92. The second-order valence-electron chi connectivity index (χ2n) is 5.68. The number of hydrogen-bond donors (Lipinski definition) is 1. The Morgan fingerprint density at radius 3 is 2.48 bits per heavy atom. The van der Waals surface area contributed by atoms with Gasteiger partial charge < -0.3 is 14.4 Å². The van der Waals surface area contributed by atoms with Crippen molar-refractivity contribution < 1.29 is 14.6 Å². The van der Waals surface area contributed by atoms with Crippen LogP contribution >= 0.6 is 23.4 Å². The standard InChI is InChI=1S/C19H18ClN3O3S/c1-2-23-17(11-26-16-9-7-15(20)8-10-16)21-22-19(23)27-12-13-3-5-14(6-4-13)18(24)25/h3-10H,2,11-12H2,1H3,(H,24,25). The topological polar surface area (TPSA) is 77.2 Å². The highest BCUT2D eigenvalue weighted by molar-refractivity contribution is 7.98. The predicted molar refractivity (Wildman–Crippen MR) is 104 cm³/mol. The van der Waals surface area contributed by atoms with Crippen LogP contribution in [-0.2, 0) is 18.9 Å². The lowest BCUT2D eigenvalue weighted by atomic mass is 10.1. The smallest absolute Gasteiger partial charge is 0.335 e. The van der Waals surface area contributed by atoms with Gasteiger partial charge in [-0.15, -0.1) is 10.2 Å². The van der Waals surface area contributed by atoms with E-state index in [4.69, 9.17) is 21.4 Å². The lowest BCUT2D eigenvalue weighted by molar-refractivity contribution is 0.0697. The summed E-state index contributed by atoms with van der Waals surface area (Å²) in [6.07, 6.45) is 0. The van der Waals surface area contributed by atoms with Crippen LogP contribution in [0, 0.1) is 0 Å². The molecule has 0 radical (unpaired) electrons. The molecule has 0 aliphatic carbocycles. The van der Waals surface area contributed by atoms with Gasteiger partial charge in [0.15, 0.2) is 11.0 Å². The van der Waals surface area contributed by atoms with E-state index in [2.05, 4.69) is 10.2 Å². The molecule has 1 N–H and O–H groups in total. The lowest BCUT2D eigenvalue weighted by Crippen LogP contribution is -2.07. The minimum atomic E-state index is -0.926. The number of aromatic carboxylic acids is 1. The molecule has 3 aromatic rings. The van der Waals surface area contributed by atoms with Crippen molar-refractivity contribution in [2.24, 2.45) is 0 Å². The molecule has 27 heavy (non-hydrogen) atoms. The maximum absolute atomic E-state index is 10.9. The number of carbonyl (C=O) groups is 1. The first-order chi connectivity index (χ1) is 13.1. The van der Waals surface area contributed by atoms with Gasteiger partial charge in [0.1, 0.15) is 12.4 Å². The highest BCUT2D eigenvalue weighted by Gasteiger charge is 2.12. The van der Waals surface area contributed by atoms with Gasteiger partial charge in [-0.1, -0.05) is 35.5 Å². The van der Waals surface area contributed by atoms with E-state index in [0.717, 1.165) is 28.8 Å². The maximum Gasteiger partial charge on any atom is 0.335 e. The van der Waals surface area contributed by atoms with Crippen LogP contribution in [0.2, 0.25) is 5.02 Å². The fourth-order valence-corrected chi connectivity index (χ4v) is 3.52. The van der Waals surface area contributed by atoms with Gasteiger partial charge >= 0.3 is 5.97 Å². The number of carboxylic acid groups (broad SMARTS) is 1. The summed E-state index contributed by atoms with van der Waals surface area (Å²) in [6, 6.07) is 14.0. The van der Waals surface area contributed by atoms with Gasteiger partial charge in [-0.25, -0.2) is 4.79 Å². The van der Waals surface area contributed by atoms with Crippen LogP contribution in [0.25, 0.3) is 0 Å². The van der Waals surface area contributed by atoms with Gasteiger partial charge in [-0.05, 0) is 48.9 Å². The molecule has 0 atom stereocenters. The third-order valence-electron chi connectivity index (χ3n) is 3.86. The normalized spacial score (nSPS) is 10.7. The van der Waals surface area contributed by atoms with Crippen LogP contribution in [-0.4, -0.2) is 25.8 Å². The van der Waals surface area contributed by atoms with Crippen LogP contribution in [0.3, 0.4) is 0 Å². The van der Waals surface area contributed by atoms with Crippen LogP contribution in [0.15, 0.2) is 53.7 Å². The Bertz CT molecular complexity index is 911. The first-order valence-corrected chi connectivity index (χ1v) is 9.68. The van der Waals surface area contributed by atoms with Gasteiger partial charge in [0, 0.05) is 17.3 Å². The molecule has 0 aliphatic rings. The predicted octanol–water partition coefficient (Wildman–Crippen LogP) is 4.52. The molecule has 1 heterocycles. The van der Waals surface area contributed by atoms with Crippen molar-refractivity contribution in [1.82, 2.24) is 14.8 Å². The molecule has 8 heteroatoms. The maximum atomic E-state index is 10.9. The lowest BCUT2D eigenvalue weighted by Gasteiger charge is -2.09. The molecule has 0 unspecified atom stereocenters. The molecule has 140 valence electrons. The Morgan fingerprint density at radius 1 is 1.15 bits per heavy atom. The van der Waals surface area contributed by atoms with Crippen molar-refractivity contribution in [2.45, 2.75) is 31.0 Å². The quantitative estimate of drug-likeness (QED) is 0.557. The second-order valence-corrected chi connectivity index (χ2v) is 7.06. The van der Waals surface area contributed by atoms with E-state index < -0.39 is 5.97 Å². The largest absolute Gasteiger partial charge is 0.486 e. The fourth-order valence-electron chi connectivity index (χ4n) is 2.42. The molecule has 0 spiro atoms. The zero-order valence-corrected chi connectivity index (χ0v) is 16.2. The van der Waals surface area contributed by atoms with Crippen LogP contribution < -0.4 is 4.74 Å². The van der Waals surface area contributed by atoms with Gasteiger partial charge in [0.05, 0.1) is 5.56 Å². The number of nitrogens with zero attached hydrogens (tertiary/aromatic N) is 3. The molecule has 6 nitrogen and oxygen atoms in total. The Kier molecular flexibility index (Phi) is 6.36. The molecular weight excluding hydrogens is 386 g/mol. The van der Waals surface area contributed by atoms with E-state index in [-0.39, 0.29) is 5.56 Å². The zero-order chi connectivity index (χ0) is 19.2. The number of aromatic nitrogens is 3. The molecule has 0 saturated carbocycles. The van der Waals surface area contributed by atoms with E-state index in [0.29, 0.717) is 17.4 Å². The summed E-state index contributed by atoms with van der Waals surface area (Å²) in [6.45, 7) is 3.07. The van der Waals surface area contributed by atoms with E-state index in [9.17, 15) is 4.79 Å². The van der Waals surface area contributed by atoms with Gasteiger partial charge in [0.2, 0.25) is 0 Å². The SMILES string of the molecule is CCn1c(COc2ccc(Cl)cc2)nnc1SCc1ccc(C(=O)O)cc1. The summed E-state index contributed by atoms with van der Waals surface area (Å²) in [7, 11) is 0. The first-order valence-electron chi connectivity index (χ1n) is 8.32. The van der Waals surface area contributed by atoms with Crippen LogP contribution in [0.1, 0.15) is 28.7 Å². The summed E-state index contributed by atoms with van der Waals surface area (Å²) >= 11 is 7.43. The highest BCUT2D eigenvalue weighted by atomic mass is 35.5. The van der Waals surface area contributed by atoms with Crippen molar-refractivity contribution in [3.8, 4) is 5.75 Å². The van der Waals surface area contributed by atoms with E-state index in [1.165, 1.54) is 0 Å². The van der Waals surface area contributed by atoms with E-state index >= 15 is 0 Å². The first kappa shape index (κ1) is 19.3. The highest BCUT2D eigenvalue weighted by Crippen LogP contribution is 2.23. The molecule has 2 aromatic carbocycles. The summed E-state index contributed by atoms with van der Waals surface area (Å²) in [5.41, 5.74) is 1.30. The number of thioether (sulfide) groups is 1. The van der Waals surface area contributed by atoms with Crippen molar-refractivity contribution in [3.63, 3.8) is 0 Å². The van der Waals surface area contributed by atoms with E-state index in [1.54, 1.807) is 36.0 Å². The number of benzene rings is 2. The van der Waals surface area contributed by atoms with Crippen molar-refractivity contribution in [1.29, 1.82) is 0 Å². The van der Waals surface area contributed by atoms with Crippen LogP contribution in [0.4, 0.5) is 0 Å². The summed E-state index contributed by atoms with van der Waals surface area (Å²) in [5, 5.41) is 18.9. The van der Waals surface area contributed by atoms with Crippen molar-refractivity contribution in [2.75, 3.05) is 0 Å². The molecule has 0 amide bonds. The Balaban J connectivity index is 1.62. The average Bonchev–Trinajstić information content (AvgIpc) is 3.08. The van der Waals surface area contributed by atoms with E-state index in [1.807, 2.05) is 35.8 Å². The van der Waals surface area contributed by atoms with Crippen LogP contribution in [0.5, 0.6) is 5.75 Å². The third kappa shape index (κ3) is 5.02. The molecule has 0 fully saturated rings. The Morgan fingerprint density at radius 2 is 1.85 bits per heavy atom. The molecule has 0 bridgehead atoms. The molecule has 1 aromatic heterocycles. The van der Waals surface area contributed by atoms with Crippen molar-refractivity contribution in [3.05, 3.63) is 70.5 Å². The Labute approximate surface area is 166 Å². The number of ether oxygens (including phenoxy) is 1. The summed E-state index contributed by atoms with van der Waals surface area (Å²) < 4.78 is 7.76. The number of rotatable bonds is 8. The molecule has 0 aliphatic heterocycles. The molecular formula is C19H18ClN3O3S.